The Bertz CT molecular complexity index is 501. The molecule has 1 atom stereocenters. The predicted octanol–water partition coefficient (Wildman–Crippen LogP) is 4.93. The Morgan fingerprint density at radius 1 is 1.24 bits per heavy atom. The van der Waals surface area contributed by atoms with E-state index in [0.717, 1.165) is 25.9 Å². The first kappa shape index (κ1) is 17.2. The molecule has 21 heavy (non-hydrogen) atoms. The van der Waals surface area contributed by atoms with Crippen LogP contribution in [0.25, 0.3) is 0 Å². The Morgan fingerprint density at radius 3 is 2.38 bits per heavy atom. The molecule has 2 nitrogen and oxygen atoms in total. The van der Waals surface area contributed by atoms with Crippen LogP contribution < -0.4 is 0 Å². The highest BCUT2D eigenvalue weighted by Crippen LogP contribution is 2.37. The lowest BCUT2D eigenvalue weighted by molar-refractivity contribution is -0.0118. The van der Waals surface area contributed by atoms with E-state index in [9.17, 15) is 9.50 Å². The molecule has 1 N–H and O–H groups in total. The fourth-order valence-electron chi connectivity index (χ4n) is 2.95. The quantitative estimate of drug-likeness (QED) is 0.754. The fraction of sp³-hybridized carbons (Fsp3) is 0.625. The van der Waals surface area contributed by atoms with E-state index in [2.05, 4.69) is 20.8 Å². The second kappa shape index (κ2) is 6.95. The molecular weight excluding hydrogens is 357 g/mol. The van der Waals surface area contributed by atoms with Gasteiger partial charge in [-0.05, 0) is 61.8 Å². The van der Waals surface area contributed by atoms with Gasteiger partial charge < -0.3 is 5.11 Å². The van der Waals surface area contributed by atoms with Crippen LogP contribution in [0.5, 0.6) is 0 Å². The van der Waals surface area contributed by atoms with Crippen LogP contribution >= 0.6 is 27.5 Å². The SMILES string of the molecule is CC(C)(C(O)c1ccc(Br)c(Cl)c1F)N1CCCCCC1. The number of aliphatic hydroxyl groups is 1. The smallest absolute Gasteiger partial charge is 0.148 e. The monoisotopic (exact) mass is 377 g/mol. The fourth-order valence-corrected chi connectivity index (χ4v) is 3.43. The summed E-state index contributed by atoms with van der Waals surface area (Å²) in [7, 11) is 0. The van der Waals surface area contributed by atoms with E-state index in [1.807, 2.05) is 13.8 Å². The van der Waals surface area contributed by atoms with E-state index in [1.165, 1.54) is 12.8 Å². The maximum absolute atomic E-state index is 14.4. The Morgan fingerprint density at radius 2 is 1.81 bits per heavy atom. The van der Waals surface area contributed by atoms with E-state index in [4.69, 9.17) is 11.6 Å². The van der Waals surface area contributed by atoms with Crippen LogP contribution in [0.3, 0.4) is 0 Å². The molecule has 118 valence electrons. The zero-order valence-electron chi connectivity index (χ0n) is 12.5. The molecule has 1 aromatic rings. The highest BCUT2D eigenvalue weighted by atomic mass is 79.9. The summed E-state index contributed by atoms with van der Waals surface area (Å²) < 4.78 is 14.9. The summed E-state index contributed by atoms with van der Waals surface area (Å²) in [5.74, 6) is -0.540. The van der Waals surface area contributed by atoms with Crippen molar-refractivity contribution in [3.05, 3.63) is 33.0 Å². The van der Waals surface area contributed by atoms with Crippen molar-refractivity contribution in [2.24, 2.45) is 0 Å². The third-order valence-electron chi connectivity index (χ3n) is 4.45. The van der Waals surface area contributed by atoms with Crippen molar-refractivity contribution in [3.63, 3.8) is 0 Å². The van der Waals surface area contributed by atoms with Crippen LogP contribution in [0.4, 0.5) is 4.39 Å². The Labute approximate surface area is 139 Å². The molecule has 2 rings (SSSR count). The van der Waals surface area contributed by atoms with Crippen LogP contribution in [0.15, 0.2) is 16.6 Å². The van der Waals surface area contributed by atoms with E-state index < -0.39 is 17.5 Å². The van der Waals surface area contributed by atoms with E-state index in [0.29, 0.717) is 4.47 Å². The third-order valence-corrected chi connectivity index (χ3v) is 5.71. The van der Waals surface area contributed by atoms with Gasteiger partial charge in [0.15, 0.2) is 0 Å². The number of nitrogens with zero attached hydrogens (tertiary/aromatic N) is 1. The van der Waals surface area contributed by atoms with Gasteiger partial charge in [-0.1, -0.05) is 30.5 Å². The largest absolute Gasteiger partial charge is 0.386 e. The molecule has 0 aliphatic carbocycles. The number of hydrogen-bond acceptors (Lipinski definition) is 2. The third kappa shape index (κ3) is 3.61. The van der Waals surface area contributed by atoms with E-state index in [-0.39, 0.29) is 10.6 Å². The van der Waals surface area contributed by atoms with Gasteiger partial charge in [-0.25, -0.2) is 4.39 Å². The molecule has 1 fully saturated rings. The molecule has 1 aliphatic heterocycles. The van der Waals surface area contributed by atoms with Gasteiger partial charge in [0.1, 0.15) is 5.82 Å². The molecule has 1 aliphatic rings. The maximum atomic E-state index is 14.4. The first-order valence-corrected chi connectivity index (χ1v) is 8.59. The van der Waals surface area contributed by atoms with Crippen molar-refractivity contribution in [1.82, 2.24) is 4.90 Å². The van der Waals surface area contributed by atoms with Crippen molar-refractivity contribution in [2.45, 2.75) is 51.2 Å². The minimum atomic E-state index is -0.916. The second-order valence-corrected chi connectivity index (χ2v) is 7.45. The van der Waals surface area contributed by atoms with Crippen molar-refractivity contribution in [1.29, 1.82) is 0 Å². The van der Waals surface area contributed by atoms with Gasteiger partial charge >= 0.3 is 0 Å². The lowest BCUT2D eigenvalue weighted by Crippen LogP contribution is -2.49. The number of likely N-dealkylation sites (tertiary alicyclic amines) is 1. The molecule has 0 saturated carbocycles. The number of hydrogen-bond donors (Lipinski definition) is 1. The standard InChI is InChI=1S/C16H22BrClFNO/c1-16(2,20-9-5-3-4-6-10-20)15(21)11-7-8-12(17)13(18)14(11)19/h7-8,15,21H,3-6,9-10H2,1-2H3. The average Bonchev–Trinajstić information content (AvgIpc) is 2.74. The summed E-state index contributed by atoms with van der Waals surface area (Å²) in [6.07, 6.45) is 3.78. The zero-order valence-corrected chi connectivity index (χ0v) is 14.8. The summed E-state index contributed by atoms with van der Waals surface area (Å²) in [5.41, 5.74) is -0.264. The Kier molecular flexibility index (Phi) is 5.69. The molecule has 1 aromatic carbocycles. The Balaban J connectivity index is 2.28. The molecule has 0 aromatic heterocycles. The summed E-state index contributed by atoms with van der Waals surface area (Å²) >= 11 is 9.14. The van der Waals surface area contributed by atoms with Gasteiger partial charge in [0, 0.05) is 15.6 Å². The lowest BCUT2D eigenvalue weighted by atomic mass is 9.89. The summed E-state index contributed by atoms with van der Waals surface area (Å²) in [5, 5.41) is 10.8. The minimum Gasteiger partial charge on any atom is -0.386 e. The summed E-state index contributed by atoms with van der Waals surface area (Å²) in [6, 6.07) is 3.29. The normalized spacial score (nSPS) is 19.3. The van der Waals surface area contributed by atoms with Gasteiger partial charge in [-0.15, -0.1) is 0 Å². The van der Waals surface area contributed by atoms with Gasteiger partial charge in [-0.2, -0.15) is 0 Å². The van der Waals surface area contributed by atoms with Gasteiger partial charge in [0.05, 0.1) is 11.1 Å². The number of benzene rings is 1. The average molecular weight is 379 g/mol. The summed E-state index contributed by atoms with van der Waals surface area (Å²) in [6.45, 7) is 5.82. The topological polar surface area (TPSA) is 23.5 Å². The second-order valence-electron chi connectivity index (χ2n) is 6.22. The summed E-state index contributed by atoms with van der Waals surface area (Å²) in [4.78, 5) is 2.26. The molecule has 0 spiro atoms. The number of rotatable bonds is 3. The van der Waals surface area contributed by atoms with Gasteiger partial charge in [-0.3, -0.25) is 4.90 Å². The number of aliphatic hydroxyl groups excluding tert-OH is 1. The predicted molar refractivity (Wildman–Crippen MR) is 88.2 cm³/mol. The highest BCUT2D eigenvalue weighted by molar-refractivity contribution is 9.10. The molecule has 5 heteroatoms. The lowest BCUT2D eigenvalue weighted by Gasteiger charge is -2.41. The van der Waals surface area contributed by atoms with Crippen LogP contribution in [0, 0.1) is 5.82 Å². The highest BCUT2D eigenvalue weighted by Gasteiger charge is 2.37. The van der Waals surface area contributed by atoms with Gasteiger partial charge in [0.2, 0.25) is 0 Å². The Hall–Kier alpha value is -0.160. The molecule has 1 saturated heterocycles. The first-order valence-electron chi connectivity index (χ1n) is 7.42. The van der Waals surface area contributed by atoms with E-state index >= 15 is 0 Å². The van der Waals surface area contributed by atoms with Crippen LogP contribution in [-0.4, -0.2) is 28.6 Å². The van der Waals surface area contributed by atoms with E-state index in [1.54, 1.807) is 12.1 Å². The first-order chi connectivity index (χ1) is 9.85. The molecule has 1 heterocycles. The maximum Gasteiger partial charge on any atom is 0.148 e. The number of halogens is 3. The molecule has 0 bridgehead atoms. The molecule has 0 amide bonds. The zero-order chi connectivity index (χ0) is 15.6. The molecule has 0 radical (unpaired) electrons. The van der Waals surface area contributed by atoms with Crippen LogP contribution in [0.1, 0.15) is 51.2 Å². The van der Waals surface area contributed by atoms with Crippen molar-refractivity contribution < 1.29 is 9.50 Å². The minimum absolute atomic E-state index is 0.0261. The van der Waals surface area contributed by atoms with Crippen LogP contribution in [-0.2, 0) is 0 Å². The van der Waals surface area contributed by atoms with Crippen molar-refractivity contribution in [3.8, 4) is 0 Å². The van der Waals surface area contributed by atoms with Crippen molar-refractivity contribution in [2.75, 3.05) is 13.1 Å². The molecule has 1 unspecified atom stereocenters. The van der Waals surface area contributed by atoms with Crippen molar-refractivity contribution >= 4 is 27.5 Å². The molecular formula is C16H22BrClFNO. The van der Waals surface area contributed by atoms with Crippen LogP contribution in [0.2, 0.25) is 5.02 Å². The van der Waals surface area contributed by atoms with Gasteiger partial charge in [0.25, 0.3) is 0 Å².